The highest BCUT2D eigenvalue weighted by Crippen LogP contribution is 2.24. The Morgan fingerprint density at radius 3 is 3.19 bits per heavy atom. The molecule has 1 atom stereocenters. The summed E-state index contributed by atoms with van der Waals surface area (Å²) in [6.45, 7) is 3.02. The van der Waals surface area contributed by atoms with Crippen LogP contribution in [0.25, 0.3) is 10.9 Å². The van der Waals surface area contributed by atoms with Gasteiger partial charge in [-0.15, -0.1) is 0 Å². The molecule has 0 saturated carbocycles. The number of anilines is 1. The number of aryl methyl sites for hydroxylation is 1. The van der Waals surface area contributed by atoms with E-state index in [0.717, 1.165) is 40.2 Å². The Morgan fingerprint density at radius 1 is 1.48 bits per heavy atom. The number of fused-ring (bicyclic) bond motifs is 1. The molecule has 5 heteroatoms. The number of benzene rings is 1. The molecule has 1 fully saturated rings. The SMILES string of the molecule is Cc1ccc(NC(=O)CC2CSCCN2)c2cccnc12. The van der Waals surface area contributed by atoms with Gasteiger partial charge >= 0.3 is 0 Å². The first kappa shape index (κ1) is 14.4. The van der Waals surface area contributed by atoms with Crippen molar-refractivity contribution < 1.29 is 4.79 Å². The number of hydrogen-bond donors (Lipinski definition) is 2. The van der Waals surface area contributed by atoms with Crippen LogP contribution in [0, 0.1) is 6.92 Å². The number of aromatic nitrogens is 1. The molecule has 21 heavy (non-hydrogen) atoms. The van der Waals surface area contributed by atoms with Gasteiger partial charge < -0.3 is 10.6 Å². The number of hydrogen-bond acceptors (Lipinski definition) is 4. The predicted octanol–water partition coefficient (Wildman–Crippen LogP) is 2.58. The number of nitrogens with zero attached hydrogens (tertiary/aromatic N) is 1. The molecule has 3 rings (SSSR count). The molecule has 2 aromatic rings. The van der Waals surface area contributed by atoms with E-state index in [1.165, 1.54) is 0 Å². The monoisotopic (exact) mass is 301 g/mol. The number of carbonyl (C=O) groups excluding carboxylic acids is 1. The topological polar surface area (TPSA) is 54.0 Å². The average Bonchev–Trinajstić information content (AvgIpc) is 2.51. The molecule has 1 aromatic carbocycles. The minimum Gasteiger partial charge on any atom is -0.325 e. The van der Waals surface area contributed by atoms with Crippen molar-refractivity contribution in [3.05, 3.63) is 36.0 Å². The van der Waals surface area contributed by atoms with Crippen molar-refractivity contribution in [3.63, 3.8) is 0 Å². The minimum atomic E-state index is 0.0593. The van der Waals surface area contributed by atoms with Gasteiger partial charge in [-0.25, -0.2) is 0 Å². The second kappa shape index (κ2) is 6.45. The molecule has 0 aliphatic carbocycles. The first-order valence-electron chi connectivity index (χ1n) is 7.19. The van der Waals surface area contributed by atoms with Crippen molar-refractivity contribution in [1.29, 1.82) is 0 Å². The summed E-state index contributed by atoms with van der Waals surface area (Å²) in [6.07, 6.45) is 2.30. The fourth-order valence-electron chi connectivity index (χ4n) is 2.60. The maximum atomic E-state index is 12.2. The molecule has 1 aliphatic heterocycles. The highest BCUT2D eigenvalue weighted by molar-refractivity contribution is 7.99. The smallest absolute Gasteiger partial charge is 0.225 e. The Bertz CT molecular complexity index is 653. The maximum absolute atomic E-state index is 12.2. The van der Waals surface area contributed by atoms with Crippen molar-refractivity contribution in [2.75, 3.05) is 23.4 Å². The molecule has 1 unspecified atom stereocenters. The quantitative estimate of drug-likeness (QED) is 0.915. The number of amides is 1. The lowest BCUT2D eigenvalue weighted by Crippen LogP contribution is -2.39. The Labute approximate surface area is 128 Å². The molecule has 1 aromatic heterocycles. The molecule has 0 spiro atoms. The Kier molecular flexibility index (Phi) is 4.41. The zero-order valence-electron chi connectivity index (χ0n) is 12.1. The number of nitrogens with one attached hydrogen (secondary N) is 2. The molecule has 4 nitrogen and oxygen atoms in total. The first-order valence-corrected chi connectivity index (χ1v) is 8.35. The predicted molar refractivity (Wildman–Crippen MR) is 88.8 cm³/mol. The third-order valence-corrected chi connectivity index (χ3v) is 4.81. The van der Waals surface area contributed by atoms with E-state index < -0.39 is 0 Å². The molecule has 0 radical (unpaired) electrons. The van der Waals surface area contributed by atoms with Crippen molar-refractivity contribution >= 4 is 34.3 Å². The van der Waals surface area contributed by atoms with Crippen LogP contribution < -0.4 is 10.6 Å². The average molecular weight is 301 g/mol. The largest absolute Gasteiger partial charge is 0.325 e. The van der Waals surface area contributed by atoms with E-state index in [1.807, 2.05) is 43.0 Å². The van der Waals surface area contributed by atoms with Crippen LogP contribution in [0.1, 0.15) is 12.0 Å². The molecular formula is C16H19N3OS. The van der Waals surface area contributed by atoms with Gasteiger partial charge in [0.2, 0.25) is 5.91 Å². The number of carbonyl (C=O) groups is 1. The summed E-state index contributed by atoms with van der Waals surface area (Å²) in [5.41, 5.74) is 2.91. The van der Waals surface area contributed by atoms with Crippen molar-refractivity contribution in [3.8, 4) is 0 Å². The molecule has 1 amide bonds. The van der Waals surface area contributed by atoms with E-state index in [4.69, 9.17) is 0 Å². The lowest BCUT2D eigenvalue weighted by atomic mass is 10.1. The highest BCUT2D eigenvalue weighted by Gasteiger charge is 2.17. The third kappa shape index (κ3) is 3.36. The van der Waals surface area contributed by atoms with E-state index in [1.54, 1.807) is 6.20 Å². The molecule has 2 N–H and O–H groups in total. The van der Waals surface area contributed by atoms with E-state index >= 15 is 0 Å². The van der Waals surface area contributed by atoms with Crippen LogP contribution in [-0.2, 0) is 4.79 Å². The number of pyridine rings is 1. The summed E-state index contributed by atoms with van der Waals surface area (Å²) in [6, 6.07) is 8.13. The maximum Gasteiger partial charge on any atom is 0.225 e. The summed E-state index contributed by atoms with van der Waals surface area (Å²) in [5.74, 6) is 2.19. The van der Waals surface area contributed by atoms with Gasteiger partial charge in [0, 0.05) is 42.1 Å². The van der Waals surface area contributed by atoms with Crippen LogP contribution >= 0.6 is 11.8 Å². The third-order valence-electron chi connectivity index (χ3n) is 3.68. The van der Waals surface area contributed by atoms with Crippen molar-refractivity contribution in [2.24, 2.45) is 0 Å². The first-order chi connectivity index (χ1) is 10.2. The second-order valence-corrected chi connectivity index (χ2v) is 6.46. The van der Waals surface area contributed by atoms with Crippen LogP contribution in [0.15, 0.2) is 30.5 Å². The standard InChI is InChI=1S/C16H19N3OS/c1-11-4-5-14(13-3-2-6-18-16(11)13)19-15(20)9-12-10-21-8-7-17-12/h2-6,12,17H,7-10H2,1H3,(H,19,20). The Balaban J connectivity index is 1.75. The van der Waals surface area contributed by atoms with Gasteiger partial charge in [0.05, 0.1) is 11.2 Å². The Morgan fingerprint density at radius 2 is 2.38 bits per heavy atom. The molecule has 1 aliphatic rings. The zero-order chi connectivity index (χ0) is 14.7. The fraction of sp³-hybridized carbons (Fsp3) is 0.375. The van der Waals surface area contributed by atoms with Gasteiger partial charge in [-0.1, -0.05) is 6.07 Å². The van der Waals surface area contributed by atoms with Gasteiger partial charge in [0.25, 0.3) is 0 Å². The van der Waals surface area contributed by atoms with Gasteiger partial charge in [-0.3, -0.25) is 9.78 Å². The van der Waals surface area contributed by atoms with Crippen LogP contribution in [0.4, 0.5) is 5.69 Å². The number of rotatable bonds is 3. The van der Waals surface area contributed by atoms with Gasteiger partial charge in [-0.2, -0.15) is 11.8 Å². The summed E-state index contributed by atoms with van der Waals surface area (Å²) >= 11 is 1.90. The summed E-state index contributed by atoms with van der Waals surface area (Å²) in [4.78, 5) is 16.6. The molecule has 110 valence electrons. The molecular weight excluding hydrogens is 282 g/mol. The zero-order valence-corrected chi connectivity index (χ0v) is 12.9. The van der Waals surface area contributed by atoms with E-state index in [9.17, 15) is 4.79 Å². The van der Waals surface area contributed by atoms with Crippen LogP contribution in [0.5, 0.6) is 0 Å². The second-order valence-electron chi connectivity index (χ2n) is 5.31. The normalized spacial score (nSPS) is 18.6. The number of thioether (sulfide) groups is 1. The summed E-state index contributed by atoms with van der Waals surface area (Å²) in [7, 11) is 0. The van der Waals surface area contributed by atoms with Crippen LogP contribution in [0.2, 0.25) is 0 Å². The van der Waals surface area contributed by atoms with Crippen LogP contribution in [-0.4, -0.2) is 35.0 Å². The summed E-state index contributed by atoms with van der Waals surface area (Å²) < 4.78 is 0. The highest BCUT2D eigenvalue weighted by atomic mass is 32.2. The Hall–Kier alpha value is -1.59. The van der Waals surface area contributed by atoms with E-state index in [-0.39, 0.29) is 11.9 Å². The summed E-state index contributed by atoms with van der Waals surface area (Å²) in [5, 5.41) is 7.42. The van der Waals surface area contributed by atoms with E-state index in [0.29, 0.717) is 6.42 Å². The van der Waals surface area contributed by atoms with E-state index in [2.05, 4.69) is 15.6 Å². The van der Waals surface area contributed by atoms with Gasteiger partial charge in [-0.05, 0) is 30.7 Å². The van der Waals surface area contributed by atoms with Gasteiger partial charge in [0.1, 0.15) is 0 Å². The molecule has 2 heterocycles. The van der Waals surface area contributed by atoms with Crippen molar-refractivity contribution in [2.45, 2.75) is 19.4 Å². The lowest BCUT2D eigenvalue weighted by molar-refractivity contribution is -0.116. The molecule has 1 saturated heterocycles. The van der Waals surface area contributed by atoms with Crippen molar-refractivity contribution in [1.82, 2.24) is 10.3 Å². The van der Waals surface area contributed by atoms with Gasteiger partial charge in [0.15, 0.2) is 0 Å². The molecule has 0 bridgehead atoms. The lowest BCUT2D eigenvalue weighted by Gasteiger charge is -2.22. The van der Waals surface area contributed by atoms with Crippen LogP contribution in [0.3, 0.4) is 0 Å². The minimum absolute atomic E-state index is 0.0593. The fourth-order valence-corrected chi connectivity index (χ4v) is 3.55.